The van der Waals surface area contributed by atoms with E-state index in [4.69, 9.17) is 9.47 Å². The zero-order chi connectivity index (χ0) is 26.8. The van der Waals surface area contributed by atoms with Crippen LogP contribution in [0.2, 0.25) is 0 Å². The Kier molecular flexibility index (Phi) is 6.81. The maximum atomic E-state index is 13.2. The van der Waals surface area contributed by atoms with Gasteiger partial charge < -0.3 is 14.5 Å². The van der Waals surface area contributed by atoms with Crippen molar-refractivity contribution in [2.75, 3.05) is 6.79 Å². The van der Waals surface area contributed by atoms with E-state index in [1.54, 1.807) is 0 Å². The first-order valence-corrected chi connectivity index (χ1v) is 13.1. The molecule has 39 heavy (non-hydrogen) atoms. The van der Waals surface area contributed by atoms with Crippen LogP contribution in [0.4, 0.5) is 0 Å². The van der Waals surface area contributed by atoms with Crippen LogP contribution >= 0.6 is 0 Å². The molecule has 1 aliphatic heterocycles. The smallest absolute Gasteiger partial charge is 0.252 e. The number of ether oxygens (including phenoxy) is 2. The molecule has 5 aromatic rings. The number of nitrogens with zero attached hydrogens (tertiary/aromatic N) is 5. The lowest BCUT2D eigenvalue weighted by Gasteiger charge is -2.30. The summed E-state index contributed by atoms with van der Waals surface area (Å²) in [5, 5.41) is 13.8. The van der Waals surface area contributed by atoms with Crippen molar-refractivity contribution < 1.29 is 9.47 Å². The highest BCUT2D eigenvalue weighted by atomic mass is 16.7. The van der Waals surface area contributed by atoms with Gasteiger partial charge in [0.15, 0.2) is 17.3 Å². The van der Waals surface area contributed by atoms with E-state index in [9.17, 15) is 4.79 Å². The molecule has 3 heterocycles. The lowest BCUT2D eigenvalue weighted by Crippen LogP contribution is -2.32. The molecular weight excluding hydrogens is 492 g/mol. The first kappa shape index (κ1) is 24.8. The number of aromatic amines is 1. The van der Waals surface area contributed by atoms with E-state index in [2.05, 4.69) is 50.5 Å². The number of aromatic nitrogens is 5. The molecule has 1 aliphatic rings. The fraction of sp³-hybridized carbons (Fsp3) is 0.267. The number of hydrogen-bond acceptors (Lipinski definition) is 7. The monoisotopic (exact) mass is 522 g/mol. The fourth-order valence-electron chi connectivity index (χ4n) is 5.17. The molecule has 0 radical (unpaired) electrons. The minimum absolute atomic E-state index is 0.0949. The van der Waals surface area contributed by atoms with Crippen LogP contribution in [-0.2, 0) is 19.6 Å². The zero-order valence-electron chi connectivity index (χ0n) is 22.0. The number of benzene rings is 3. The largest absolute Gasteiger partial charge is 0.454 e. The van der Waals surface area contributed by atoms with Crippen molar-refractivity contribution in [3.8, 4) is 11.5 Å². The van der Waals surface area contributed by atoms with Crippen LogP contribution in [0.3, 0.4) is 0 Å². The Labute approximate surface area is 226 Å². The Morgan fingerprint density at radius 2 is 1.82 bits per heavy atom. The SMILES string of the molecule is CC[C@H](c1nnnn1Cc1ccccc1)N(Cc1ccc2c(c1)OCO2)Cc1cc2ccc(C)cc2[nH]c1=O. The van der Waals surface area contributed by atoms with Gasteiger partial charge in [0, 0.05) is 24.2 Å². The third-order valence-electron chi connectivity index (χ3n) is 7.13. The Balaban J connectivity index is 1.37. The number of H-pyrrole nitrogens is 1. The van der Waals surface area contributed by atoms with Gasteiger partial charge in [-0.1, -0.05) is 55.5 Å². The van der Waals surface area contributed by atoms with Crippen LogP contribution in [0.1, 0.15) is 47.5 Å². The molecule has 0 unspecified atom stereocenters. The second-order valence-electron chi connectivity index (χ2n) is 9.91. The highest BCUT2D eigenvalue weighted by molar-refractivity contribution is 5.79. The van der Waals surface area contributed by atoms with Gasteiger partial charge in [-0.25, -0.2) is 4.68 Å². The van der Waals surface area contributed by atoms with E-state index in [0.29, 0.717) is 25.2 Å². The molecule has 9 nitrogen and oxygen atoms in total. The number of tetrazole rings is 1. The number of rotatable bonds is 9. The Bertz CT molecular complexity index is 1660. The highest BCUT2D eigenvalue weighted by Gasteiger charge is 2.27. The van der Waals surface area contributed by atoms with Gasteiger partial charge in [-0.15, -0.1) is 5.10 Å². The van der Waals surface area contributed by atoms with Crippen molar-refractivity contribution >= 4 is 10.9 Å². The maximum Gasteiger partial charge on any atom is 0.252 e. The summed E-state index contributed by atoms with van der Waals surface area (Å²) in [5.74, 6) is 2.23. The number of fused-ring (bicyclic) bond motifs is 2. The van der Waals surface area contributed by atoms with Gasteiger partial charge in [-0.2, -0.15) is 0 Å². The molecule has 0 aliphatic carbocycles. The first-order chi connectivity index (χ1) is 19.1. The zero-order valence-corrected chi connectivity index (χ0v) is 22.0. The average Bonchev–Trinajstić information content (AvgIpc) is 3.60. The van der Waals surface area contributed by atoms with E-state index in [1.165, 1.54) is 0 Å². The highest BCUT2D eigenvalue weighted by Crippen LogP contribution is 2.34. The summed E-state index contributed by atoms with van der Waals surface area (Å²) in [6.07, 6.45) is 0.754. The van der Waals surface area contributed by atoms with Crippen LogP contribution in [-0.4, -0.2) is 36.9 Å². The summed E-state index contributed by atoms with van der Waals surface area (Å²) in [5.41, 5.74) is 4.70. The van der Waals surface area contributed by atoms with Gasteiger partial charge in [0.1, 0.15) is 0 Å². The van der Waals surface area contributed by atoms with Crippen LogP contribution < -0.4 is 15.0 Å². The normalized spacial score (nSPS) is 13.3. The molecule has 0 amide bonds. The topological polar surface area (TPSA) is 98.2 Å². The lowest BCUT2D eigenvalue weighted by molar-refractivity contribution is 0.161. The lowest BCUT2D eigenvalue weighted by atomic mass is 10.1. The van der Waals surface area contributed by atoms with Gasteiger partial charge in [0.05, 0.1) is 12.6 Å². The van der Waals surface area contributed by atoms with Crippen molar-refractivity contribution in [2.24, 2.45) is 0 Å². The van der Waals surface area contributed by atoms with Crippen molar-refractivity contribution in [1.29, 1.82) is 0 Å². The van der Waals surface area contributed by atoms with Crippen molar-refractivity contribution in [3.05, 3.63) is 111 Å². The van der Waals surface area contributed by atoms with Crippen LogP contribution in [0.5, 0.6) is 11.5 Å². The molecule has 0 spiro atoms. The average molecular weight is 523 g/mol. The molecule has 2 aromatic heterocycles. The summed E-state index contributed by atoms with van der Waals surface area (Å²) >= 11 is 0. The molecule has 9 heteroatoms. The predicted octanol–water partition coefficient (Wildman–Crippen LogP) is 4.75. The number of nitrogens with one attached hydrogen (secondary N) is 1. The standard InChI is InChI=1S/C30H30N6O3/c1-3-26(29-32-33-34-36(29)17-21-7-5-4-6-8-21)35(16-22-10-12-27-28(14-22)39-19-38-27)18-24-15-23-11-9-20(2)13-25(23)31-30(24)37/h4-15,26H,3,16-19H2,1-2H3,(H,31,37)/t26-/m1/s1. The molecule has 198 valence electrons. The number of hydrogen-bond donors (Lipinski definition) is 1. The quantitative estimate of drug-likeness (QED) is 0.298. The first-order valence-electron chi connectivity index (χ1n) is 13.1. The Morgan fingerprint density at radius 3 is 2.67 bits per heavy atom. The van der Waals surface area contributed by atoms with Gasteiger partial charge in [0.25, 0.3) is 5.56 Å². The van der Waals surface area contributed by atoms with Gasteiger partial charge in [-0.05, 0) is 70.1 Å². The van der Waals surface area contributed by atoms with Gasteiger partial charge in [0.2, 0.25) is 6.79 Å². The molecule has 0 saturated heterocycles. The maximum absolute atomic E-state index is 13.2. The summed E-state index contributed by atoms with van der Waals surface area (Å²) in [4.78, 5) is 18.6. The van der Waals surface area contributed by atoms with Crippen LogP contribution in [0, 0.1) is 6.92 Å². The van der Waals surface area contributed by atoms with Crippen LogP contribution in [0.15, 0.2) is 77.6 Å². The van der Waals surface area contributed by atoms with Crippen molar-refractivity contribution in [3.63, 3.8) is 0 Å². The second-order valence-corrected chi connectivity index (χ2v) is 9.91. The molecule has 3 aromatic carbocycles. The fourth-order valence-corrected chi connectivity index (χ4v) is 5.17. The number of aryl methyl sites for hydroxylation is 1. The van der Waals surface area contributed by atoms with E-state index in [0.717, 1.165) is 51.3 Å². The van der Waals surface area contributed by atoms with E-state index < -0.39 is 0 Å². The molecule has 0 fully saturated rings. The Morgan fingerprint density at radius 1 is 0.974 bits per heavy atom. The van der Waals surface area contributed by atoms with E-state index in [1.807, 2.05) is 66.2 Å². The van der Waals surface area contributed by atoms with E-state index in [-0.39, 0.29) is 18.4 Å². The molecular formula is C30H30N6O3. The molecule has 1 atom stereocenters. The summed E-state index contributed by atoms with van der Waals surface area (Å²) in [6, 6.07) is 24.1. The summed E-state index contributed by atoms with van der Waals surface area (Å²) in [6.45, 7) is 5.91. The Hall–Kier alpha value is -4.50. The summed E-state index contributed by atoms with van der Waals surface area (Å²) in [7, 11) is 0. The third-order valence-corrected chi connectivity index (χ3v) is 7.13. The third kappa shape index (κ3) is 5.26. The van der Waals surface area contributed by atoms with Crippen LogP contribution in [0.25, 0.3) is 10.9 Å². The minimum atomic E-state index is -0.137. The molecule has 6 rings (SSSR count). The molecule has 0 saturated carbocycles. The number of pyridine rings is 1. The predicted molar refractivity (Wildman–Crippen MR) is 148 cm³/mol. The molecule has 1 N–H and O–H groups in total. The molecule has 0 bridgehead atoms. The van der Waals surface area contributed by atoms with E-state index >= 15 is 0 Å². The minimum Gasteiger partial charge on any atom is -0.454 e. The second kappa shape index (κ2) is 10.7. The van der Waals surface area contributed by atoms with Crippen molar-refractivity contribution in [2.45, 2.75) is 45.9 Å². The summed E-state index contributed by atoms with van der Waals surface area (Å²) < 4.78 is 13.0. The van der Waals surface area contributed by atoms with Gasteiger partial charge in [-0.3, -0.25) is 9.69 Å². The van der Waals surface area contributed by atoms with Crippen molar-refractivity contribution in [1.82, 2.24) is 30.1 Å². The van der Waals surface area contributed by atoms with Gasteiger partial charge >= 0.3 is 0 Å².